The van der Waals surface area contributed by atoms with Gasteiger partial charge in [-0.1, -0.05) is 234 Å². The van der Waals surface area contributed by atoms with E-state index in [1.165, 1.54) is 122 Å². The minimum atomic E-state index is -1.51. The first kappa shape index (κ1) is 67.5. The first-order valence-electron chi connectivity index (χ1n) is 28.8. The largest absolute Gasteiger partial charge is 0.477 e. The van der Waals surface area contributed by atoms with Crippen molar-refractivity contribution in [3.63, 3.8) is 0 Å². The first-order chi connectivity index (χ1) is 34.6. The SMILES string of the molecule is CC/C=C\C/C=C\C/C=C\C/C=C\C/C=C\C/C=C\C/C=C\CCCCCCCCCCCCCCCC(=O)OC(COC(=O)CCCCCCCCCCCCC)COC(OCC[N+](C)(C)C)C(=O)O. The number of carbonyl (C=O) groups is 3. The summed E-state index contributed by atoms with van der Waals surface area (Å²) in [4.78, 5) is 37.3. The lowest BCUT2D eigenvalue weighted by Gasteiger charge is -2.25. The van der Waals surface area contributed by atoms with Crippen LogP contribution in [0.4, 0.5) is 0 Å². The zero-order valence-electron chi connectivity index (χ0n) is 46.4. The summed E-state index contributed by atoms with van der Waals surface area (Å²) in [6.07, 6.45) is 66.7. The third-order valence-electron chi connectivity index (χ3n) is 12.2. The highest BCUT2D eigenvalue weighted by atomic mass is 16.7. The average Bonchev–Trinajstić information content (AvgIpc) is 3.34. The molecule has 0 saturated carbocycles. The Morgan fingerprint density at radius 1 is 0.437 bits per heavy atom. The molecule has 0 bridgehead atoms. The van der Waals surface area contributed by atoms with E-state index < -0.39 is 24.3 Å². The molecule has 0 rings (SSSR count). The first-order valence-corrected chi connectivity index (χ1v) is 28.8. The molecule has 0 aromatic carbocycles. The lowest BCUT2D eigenvalue weighted by Crippen LogP contribution is -2.40. The van der Waals surface area contributed by atoms with Gasteiger partial charge in [0.15, 0.2) is 6.10 Å². The molecule has 0 saturated heterocycles. The maximum atomic E-state index is 12.8. The summed E-state index contributed by atoms with van der Waals surface area (Å²) in [5.74, 6) is -2.01. The summed E-state index contributed by atoms with van der Waals surface area (Å²) in [7, 11) is 5.96. The molecule has 0 radical (unpaired) electrons. The van der Waals surface area contributed by atoms with Gasteiger partial charge in [0, 0.05) is 12.8 Å². The van der Waals surface area contributed by atoms with Crippen molar-refractivity contribution < 1.29 is 42.9 Å². The Bertz CT molecular complexity index is 1440. The molecule has 0 amide bonds. The Kier molecular flexibility index (Phi) is 50.2. The van der Waals surface area contributed by atoms with E-state index in [1.54, 1.807) is 0 Å². The maximum Gasteiger partial charge on any atom is 0.361 e. The van der Waals surface area contributed by atoms with Crippen molar-refractivity contribution in [3.8, 4) is 0 Å². The number of esters is 2. The van der Waals surface area contributed by atoms with Crippen molar-refractivity contribution in [2.45, 2.75) is 245 Å². The number of carboxylic acids is 1. The number of hydrogen-bond acceptors (Lipinski definition) is 7. The van der Waals surface area contributed by atoms with Crippen LogP contribution in [0.25, 0.3) is 0 Å². The molecule has 0 heterocycles. The zero-order chi connectivity index (χ0) is 52.0. The van der Waals surface area contributed by atoms with E-state index in [1.807, 2.05) is 21.1 Å². The number of nitrogens with zero attached hydrogens (tertiary/aromatic N) is 1. The fourth-order valence-corrected chi connectivity index (χ4v) is 7.76. The Hall–Kier alpha value is -3.53. The van der Waals surface area contributed by atoms with Crippen LogP contribution in [0.15, 0.2) is 85.1 Å². The van der Waals surface area contributed by atoms with Crippen LogP contribution in [-0.4, -0.2) is 87.4 Å². The van der Waals surface area contributed by atoms with Gasteiger partial charge in [-0.25, -0.2) is 4.79 Å². The van der Waals surface area contributed by atoms with Crippen LogP contribution >= 0.6 is 0 Å². The van der Waals surface area contributed by atoms with Gasteiger partial charge in [-0.3, -0.25) is 9.59 Å². The van der Waals surface area contributed by atoms with E-state index in [0.29, 0.717) is 17.4 Å². The molecule has 0 aliphatic carbocycles. The van der Waals surface area contributed by atoms with Crippen molar-refractivity contribution in [2.75, 3.05) is 47.5 Å². The highest BCUT2D eigenvalue weighted by Crippen LogP contribution is 2.16. The summed E-state index contributed by atoms with van der Waals surface area (Å²) < 4.78 is 22.8. The van der Waals surface area contributed by atoms with Gasteiger partial charge in [-0.15, -0.1) is 0 Å². The molecule has 0 aromatic heterocycles. The van der Waals surface area contributed by atoms with Crippen molar-refractivity contribution in [1.29, 1.82) is 0 Å². The fourth-order valence-electron chi connectivity index (χ4n) is 7.76. The van der Waals surface area contributed by atoms with E-state index in [4.69, 9.17) is 18.9 Å². The summed E-state index contributed by atoms with van der Waals surface area (Å²) in [5.41, 5.74) is 0. The van der Waals surface area contributed by atoms with Crippen LogP contribution in [0.1, 0.15) is 232 Å². The molecule has 2 unspecified atom stereocenters. The molecule has 71 heavy (non-hydrogen) atoms. The van der Waals surface area contributed by atoms with Gasteiger partial charge in [0.2, 0.25) is 0 Å². The fraction of sp³-hybridized carbons (Fsp3) is 0.726. The van der Waals surface area contributed by atoms with E-state index in [-0.39, 0.29) is 32.2 Å². The second kappa shape index (κ2) is 52.8. The van der Waals surface area contributed by atoms with Crippen LogP contribution < -0.4 is 0 Å². The van der Waals surface area contributed by atoms with Crippen LogP contribution in [-0.2, 0) is 33.3 Å². The summed E-state index contributed by atoms with van der Waals surface area (Å²) >= 11 is 0. The summed E-state index contributed by atoms with van der Waals surface area (Å²) in [6.45, 7) is 4.75. The second-order valence-electron chi connectivity index (χ2n) is 20.2. The van der Waals surface area contributed by atoms with Gasteiger partial charge in [0.05, 0.1) is 34.4 Å². The standard InChI is InChI=1S/C62H107NO8/c1-6-8-10-12-14-16-18-19-20-21-22-23-24-25-26-27-28-29-30-31-32-33-34-35-36-37-38-39-40-41-43-45-47-49-51-53-60(65)71-58(57-70-62(61(66)67)68-55-54-63(3,4)5)56-69-59(64)52-50-48-46-44-42-17-15-13-11-9-7-2/h8,10,14,16,19-20,22-23,25-26,28-29,31-32,58,62H,6-7,9,11-13,15,17-18,21,24,27,30,33-57H2,1-5H3/p+1/b10-8-,16-14-,20-19-,23-22-,26-25-,29-28-,32-31-. The Balaban J connectivity index is 4.10. The van der Waals surface area contributed by atoms with Crippen LogP contribution in [0.2, 0.25) is 0 Å². The van der Waals surface area contributed by atoms with Gasteiger partial charge >= 0.3 is 17.9 Å². The molecule has 408 valence electrons. The maximum absolute atomic E-state index is 12.8. The van der Waals surface area contributed by atoms with Crippen LogP contribution in [0.5, 0.6) is 0 Å². The van der Waals surface area contributed by atoms with Crippen molar-refractivity contribution in [1.82, 2.24) is 0 Å². The van der Waals surface area contributed by atoms with Crippen molar-refractivity contribution in [2.24, 2.45) is 0 Å². The molecule has 0 aliphatic heterocycles. The Morgan fingerprint density at radius 2 is 0.803 bits per heavy atom. The van der Waals surface area contributed by atoms with Gasteiger partial charge in [-0.2, -0.15) is 0 Å². The predicted molar refractivity (Wildman–Crippen MR) is 299 cm³/mol. The highest BCUT2D eigenvalue weighted by Gasteiger charge is 2.25. The third kappa shape index (κ3) is 54.1. The summed E-state index contributed by atoms with van der Waals surface area (Å²) in [5, 5.41) is 9.67. The number of hydrogen-bond donors (Lipinski definition) is 1. The van der Waals surface area contributed by atoms with Crippen molar-refractivity contribution in [3.05, 3.63) is 85.1 Å². The normalized spacial score (nSPS) is 13.4. The molecular formula is C62H108NO8+. The van der Waals surface area contributed by atoms with E-state index in [2.05, 4.69) is 98.9 Å². The van der Waals surface area contributed by atoms with Gasteiger partial charge in [0.25, 0.3) is 6.29 Å². The van der Waals surface area contributed by atoms with E-state index in [9.17, 15) is 19.5 Å². The van der Waals surface area contributed by atoms with E-state index in [0.717, 1.165) is 83.5 Å². The van der Waals surface area contributed by atoms with Crippen LogP contribution in [0.3, 0.4) is 0 Å². The number of ether oxygens (including phenoxy) is 4. The Labute approximate surface area is 436 Å². The number of aliphatic carboxylic acids is 1. The summed E-state index contributed by atoms with van der Waals surface area (Å²) in [6, 6.07) is 0. The molecule has 0 aliphatic rings. The number of quaternary nitrogens is 1. The third-order valence-corrected chi connectivity index (χ3v) is 12.2. The average molecular weight is 996 g/mol. The minimum absolute atomic E-state index is 0.182. The molecular weight excluding hydrogens is 887 g/mol. The number of rotatable bonds is 52. The van der Waals surface area contributed by atoms with Crippen molar-refractivity contribution >= 4 is 17.9 Å². The second-order valence-corrected chi connectivity index (χ2v) is 20.2. The molecule has 0 aromatic rings. The predicted octanol–water partition coefficient (Wildman–Crippen LogP) is 16.8. The molecule has 9 nitrogen and oxygen atoms in total. The molecule has 1 N–H and O–H groups in total. The smallest absolute Gasteiger partial charge is 0.361 e. The van der Waals surface area contributed by atoms with Gasteiger partial charge < -0.3 is 28.5 Å². The molecule has 0 fully saturated rings. The quantitative estimate of drug-likeness (QED) is 0.0211. The Morgan fingerprint density at radius 3 is 1.20 bits per heavy atom. The number of allylic oxidation sites excluding steroid dienone is 14. The number of likely N-dealkylation sites (N-methyl/N-ethyl adjacent to an activating group) is 1. The molecule has 0 spiro atoms. The number of carbonyl (C=O) groups excluding carboxylic acids is 2. The lowest BCUT2D eigenvalue weighted by atomic mass is 10.0. The van der Waals surface area contributed by atoms with Gasteiger partial charge in [0.1, 0.15) is 13.2 Å². The minimum Gasteiger partial charge on any atom is -0.477 e. The van der Waals surface area contributed by atoms with Gasteiger partial charge in [-0.05, 0) is 70.6 Å². The highest BCUT2D eigenvalue weighted by molar-refractivity contribution is 5.71. The number of unbranched alkanes of at least 4 members (excludes halogenated alkanes) is 23. The zero-order valence-corrected chi connectivity index (χ0v) is 46.4. The topological polar surface area (TPSA) is 108 Å². The molecule has 2 atom stereocenters. The molecule has 9 heteroatoms. The monoisotopic (exact) mass is 995 g/mol. The lowest BCUT2D eigenvalue weighted by molar-refractivity contribution is -0.870. The van der Waals surface area contributed by atoms with Crippen LogP contribution in [0, 0.1) is 0 Å². The number of carboxylic acid groups (broad SMARTS) is 1. The van der Waals surface area contributed by atoms with E-state index >= 15 is 0 Å².